The molecule has 0 radical (unpaired) electrons. The summed E-state index contributed by atoms with van der Waals surface area (Å²) >= 11 is 2.71. The van der Waals surface area contributed by atoms with E-state index in [1.54, 1.807) is 0 Å². The number of primary amides is 1. The number of H-pyrrole nitrogens is 1. The van der Waals surface area contributed by atoms with Crippen molar-refractivity contribution in [3.63, 3.8) is 0 Å². The topological polar surface area (TPSA) is 96.2 Å². The molecule has 5 nitrogen and oxygen atoms in total. The molecule has 2 heterocycles. The Hall–Kier alpha value is -2.25. The maximum Gasteiger partial charge on any atom is 0.252 e. The van der Waals surface area contributed by atoms with E-state index in [2.05, 4.69) is 4.98 Å². The molecule has 0 atom stereocenters. The number of fused-ring (bicyclic) bond motifs is 1. The van der Waals surface area contributed by atoms with E-state index in [1.165, 1.54) is 28.7 Å². The minimum Gasteiger partial charge on any atom is -0.506 e. The molecule has 7 heteroatoms. The molecule has 1 amide bonds. The lowest BCUT2D eigenvalue weighted by atomic mass is 10.2. The second kappa shape index (κ2) is 6.10. The van der Waals surface area contributed by atoms with E-state index in [1.807, 2.05) is 31.2 Å². The fourth-order valence-corrected chi connectivity index (χ4v) is 4.63. The highest BCUT2D eigenvalue weighted by Gasteiger charge is 2.20. The molecule has 0 aliphatic carbocycles. The summed E-state index contributed by atoms with van der Waals surface area (Å²) in [5.41, 5.74) is 7.86. The molecule has 0 saturated heterocycles. The Labute approximate surface area is 140 Å². The first-order valence-corrected chi connectivity index (χ1v) is 8.63. The lowest BCUT2D eigenvalue weighted by Crippen LogP contribution is -2.13. The van der Waals surface area contributed by atoms with Gasteiger partial charge >= 0.3 is 0 Å². The van der Waals surface area contributed by atoms with Gasteiger partial charge in [-0.2, -0.15) is 0 Å². The Morgan fingerprint density at radius 3 is 2.70 bits per heavy atom. The van der Waals surface area contributed by atoms with Gasteiger partial charge < -0.3 is 15.8 Å². The Kier molecular flexibility index (Phi) is 4.14. The lowest BCUT2D eigenvalue weighted by molar-refractivity contribution is 0.0999. The summed E-state index contributed by atoms with van der Waals surface area (Å²) in [5.74, 6) is -0.0967. The van der Waals surface area contributed by atoms with Crippen LogP contribution in [-0.4, -0.2) is 16.0 Å². The number of aromatic hydroxyl groups is 1. The molecule has 23 heavy (non-hydrogen) atoms. The zero-order chi connectivity index (χ0) is 16.6. The largest absolute Gasteiger partial charge is 0.506 e. The van der Waals surface area contributed by atoms with Crippen molar-refractivity contribution in [2.45, 2.75) is 16.9 Å². The van der Waals surface area contributed by atoms with E-state index in [9.17, 15) is 14.7 Å². The predicted molar refractivity (Wildman–Crippen MR) is 93.4 cm³/mol. The number of aromatic nitrogens is 1. The van der Waals surface area contributed by atoms with Crippen molar-refractivity contribution in [1.29, 1.82) is 0 Å². The van der Waals surface area contributed by atoms with Crippen molar-refractivity contribution in [2.24, 2.45) is 5.73 Å². The van der Waals surface area contributed by atoms with Crippen LogP contribution in [0.1, 0.15) is 21.5 Å². The van der Waals surface area contributed by atoms with E-state index in [4.69, 9.17) is 5.73 Å². The number of thiophene rings is 1. The maximum atomic E-state index is 11.8. The number of aromatic amines is 1. The molecule has 4 N–H and O–H groups in total. The van der Waals surface area contributed by atoms with E-state index in [0.29, 0.717) is 20.2 Å². The van der Waals surface area contributed by atoms with Crippen LogP contribution in [0.4, 0.5) is 0 Å². The monoisotopic (exact) mass is 346 g/mol. The van der Waals surface area contributed by atoms with Gasteiger partial charge in [-0.05, 0) is 12.5 Å². The number of hydrogen-bond acceptors (Lipinski definition) is 5. The normalized spacial score (nSPS) is 11.0. The third-order valence-corrected chi connectivity index (χ3v) is 5.92. The second-order valence-electron chi connectivity index (χ2n) is 5.13. The summed E-state index contributed by atoms with van der Waals surface area (Å²) in [5, 5.41) is 9.92. The highest BCUT2D eigenvalue weighted by molar-refractivity contribution is 8.00. The number of thioether (sulfide) groups is 1. The average Bonchev–Trinajstić information content (AvgIpc) is 2.85. The first-order chi connectivity index (χ1) is 11.0. The number of benzene rings is 1. The molecule has 0 fully saturated rings. The summed E-state index contributed by atoms with van der Waals surface area (Å²) in [6.45, 7) is 2.02. The highest BCUT2D eigenvalue weighted by atomic mass is 32.2. The van der Waals surface area contributed by atoms with E-state index in [-0.39, 0.29) is 11.3 Å². The Bertz CT molecular complexity index is 942. The van der Waals surface area contributed by atoms with Gasteiger partial charge in [0, 0.05) is 11.8 Å². The van der Waals surface area contributed by atoms with Gasteiger partial charge in [0.25, 0.3) is 11.5 Å². The van der Waals surface area contributed by atoms with Gasteiger partial charge in [-0.3, -0.25) is 9.59 Å². The number of carbonyl (C=O) groups excluding carboxylic acids is 1. The minimum absolute atomic E-state index is 0.140. The maximum absolute atomic E-state index is 11.8. The molecule has 0 unspecified atom stereocenters. The minimum atomic E-state index is -0.621. The van der Waals surface area contributed by atoms with Crippen molar-refractivity contribution in [2.75, 3.05) is 0 Å². The second-order valence-corrected chi connectivity index (χ2v) is 7.39. The fourth-order valence-electron chi connectivity index (χ4n) is 2.22. The van der Waals surface area contributed by atoms with Gasteiger partial charge in [-0.1, -0.05) is 29.8 Å². The Morgan fingerprint density at radius 1 is 1.35 bits per heavy atom. The van der Waals surface area contributed by atoms with Crippen LogP contribution in [-0.2, 0) is 5.75 Å². The van der Waals surface area contributed by atoms with Crippen LogP contribution < -0.4 is 11.3 Å². The fraction of sp³-hybridized carbons (Fsp3) is 0.125. The van der Waals surface area contributed by atoms with Gasteiger partial charge in [0.05, 0.1) is 20.0 Å². The molecule has 2 aromatic heterocycles. The van der Waals surface area contributed by atoms with Crippen molar-refractivity contribution >= 4 is 39.2 Å². The number of amides is 1. The molecule has 3 rings (SSSR count). The zero-order valence-corrected chi connectivity index (χ0v) is 13.9. The molecule has 3 aromatic rings. The summed E-state index contributed by atoms with van der Waals surface area (Å²) in [6, 6.07) is 9.20. The Balaban J connectivity index is 2.01. The van der Waals surface area contributed by atoms with Crippen LogP contribution in [0.5, 0.6) is 5.75 Å². The zero-order valence-electron chi connectivity index (χ0n) is 12.3. The number of rotatable bonds is 4. The first kappa shape index (κ1) is 15.6. The van der Waals surface area contributed by atoms with Crippen LogP contribution in [0.25, 0.3) is 10.2 Å². The summed E-state index contributed by atoms with van der Waals surface area (Å²) in [6.07, 6.45) is 0. The Morgan fingerprint density at radius 2 is 2.04 bits per heavy atom. The predicted octanol–water partition coefficient (Wildman–Crippen LogP) is 2.99. The number of nitrogens with one attached hydrogen (secondary N) is 1. The number of carbonyl (C=O) groups is 1. The van der Waals surface area contributed by atoms with Gasteiger partial charge in [0.2, 0.25) is 0 Å². The highest BCUT2D eigenvalue weighted by Crippen LogP contribution is 2.41. The molecule has 0 spiro atoms. The van der Waals surface area contributed by atoms with Crippen molar-refractivity contribution in [1.82, 2.24) is 4.98 Å². The molecule has 0 saturated carbocycles. The SMILES string of the molecule is Cc1ccc(CSc2sc3c(O)cc(=O)[nH]c3c2C(N)=O)cc1. The molecule has 0 aliphatic heterocycles. The van der Waals surface area contributed by atoms with E-state index >= 15 is 0 Å². The third-order valence-electron chi connectivity index (χ3n) is 3.36. The summed E-state index contributed by atoms with van der Waals surface area (Å²) < 4.78 is 1.15. The van der Waals surface area contributed by atoms with Gasteiger partial charge in [0.1, 0.15) is 5.75 Å². The van der Waals surface area contributed by atoms with Crippen LogP contribution in [0.15, 0.2) is 39.3 Å². The van der Waals surface area contributed by atoms with Gasteiger partial charge in [0.15, 0.2) is 0 Å². The van der Waals surface area contributed by atoms with Gasteiger partial charge in [-0.25, -0.2) is 0 Å². The molecular formula is C16H14N2O3S2. The van der Waals surface area contributed by atoms with Gasteiger partial charge in [-0.15, -0.1) is 23.1 Å². The smallest absolute Gasteiger partial charge is 0.252 e. The average molecular weight is 346 g/mol. The summed E-state index contributed by atoms with van der Waals surface area (Å²) in [4.78, 5) is 25.9. The number of aryl methyl sites for hydroxylation is 1. The number of nitrogens with two attached hydrogens (primary N) is 1. The molecule has 1 aromatic carbocycles. The number of hydrogen-bond donors (Lipinski definition) is 3. The molecule has 118 valence electrons. The molecule has 0 aliphatic rings. The van der Waals surface area contributed by atoms with Crippen molar-refractivity contribution in [3.8, 4) is 5.75 Å². The third kappa shape index (κ3) is 3.11. The van der Waals surface area contributed by atoms with Crippen LogP contribution in [0.3, 0.4) is 0 Å². The molecule has 0 bridgehead atoms. The quantitative estimate of drug-likeness (QED) is 0.633. The van der Waals surface area contributed by atoms with Crippen molar-refractivity contribution < 1.29 is 9.90 Å². The lowest BCUT2D eigenvalue weighted by Gasteiger charge is -2.02. The van der Waals surface area contributed by atoms with Crippen LogP contribution in [0, 0.1) is 6.92 Å². The summed E-state index contributed by atoms with van der Waals surface area (Å²) in [7, 11) is 0. The van der Waals surface area contributed by atoms with E-state index in [0.717, 1.165) is 11.6 Å². The van der Waals surface area contributed by atoms with E-state index < -0.39 is 11.5 Å². The number of pyridine rings is 1. The van der Waals surface area contributed by atoms with Crippen LogP contribution in [0.2, 0.25) is 0 Å². The molecular weight excluding hydrogens is 332 g/mol. The van der Waals surface area contributed by atoms with Crippen LogP contribution >= 0.6 is 23.1 Å². The first-order valence-electron chi connectivity index (χ1n) is 6.82. The standard InChI is InChI=1S/C16H14N2O3S2/c1-8-2-4-9(5-3-8)7-22-16-12(15(17)21)13-14(23-16)10(19)6-11(20)18-13/h2-6H,7H2,1H3,(H2,17,21)(H2,18,19,20). The van der Waals surface area contributed by atoms with Crippen molar-refractivity contribution in [3.05, 3.63) is 57.4 Å².